The van der Waals surface area contributed by atoms with Gasteiger partial charge in [-0.1, -0.05) is 37.1 Å². The van der Waals surface area contributed by atoms with Gasteiger partial charge in [0.1, 0.15) is 0 Å². The standard InChI is InChI=1S/C24H25ClN2O6/c1-2-3-12-32-23(30)16-8-10-18(11-9-16)26-21(28)15-33-24(31)17-13-22(29)27(14-17)20-7-5-4-6-19(20)25/h4-11,17H,2-3,12-15H2,1H3,(H,26,28)/t17-/m0/s1. The molecule has 1 aliphatic rings. The first-order valence-corrected chi connectivity index (χ1v) is 11.1. The van der Waals surface area contributed by atoms with Gasteiger partial charge in [0.05, 0.1) is 28.8 Å². The van der Waals surface area contributed by atoms with Crippen LogP contribution in [-0.2, 0) is 23.9 Å². The lowest BCUT2D eigenvalue weighted by molar-refractivity contribution is -0.151. The maximum atomic E-state index is 12.4. The average Bonchev–Trinajstić information content (AvgIpc) is 3.20. The Bertz CT molecular complexity index is 1020. The molecule has 1 heterocycles. The Kier molecular flexibility index (Phi) is 8.43. The summed E-state index contributed by atoms with van der Waals surface area (Å²) in [5.74, 6) is -2.50. The Morgan fingerprint density at radius 1 is 1.09 bits per heavy atom. The van der Waals surface area contributed by atoms with Crippen molar-refractivity contribution in [2.24, 2.45) is 5.92 Å². The zero-order valence-corrected chi connectivity index (χ0v) is 19.0. The SMILES string of the molecule is CCCCOC(=O)c1ccc(NC(=O)COC(=O)[C@H]2CC(=O)N(c3ccccc3Cl)C2)cc1. The van der Waals surface area contributed by atoms with Gasteiger partial charge in [-0.05, 0) is 42.8 Å². The lowest BCUT2D eigenvalue weighted by Crippen LogP contribution is -2.28. The van der Waals surface area contributed by atoms with Crippen LogP contribution in [0.5, 0.6) is 0 Å². The van der Waals surface area contributed by atoms with E-state index in [9.17, 15) is 19.2 Å². The van der Waals surface area contributed by atoms with Gasteiger partial charge in [0.2, 0.25) is 5.91 Å². The van der Waals surface area contributed by atoms with E-state index in [0.29, 0.717) is 28.6 Å². The molecule has 0 radical (unpaired) electrons. The van der Waals surface area contributed by atoms with E-state index in [1.807, 2.05) is 6.92 Å². The number of nitrogens with zero attached hydrogens (tertiary/aromatic N) is 1. The van der Waals surface area contributed by atoms with Crippen molar-refractivity contribution in [3.8, 4) is 0 Å². The van der Waals surface area contributed by atoms with Crippen molar-refractivity contribution in [2.75, 3.05) is 30.0 Å². The maximum Gasteiger partial charge on any atom is 0.338 e. The fourth-order valence-electron chi connectivity index (χ4n) is 3.30. The molecule has 3 rings (SSSR count). The minimum Gasteiger partial charge on any atom is -0.462 e. The van der Waals surface area contributed by atoms with E-state index in [4.69, 9.17) is 21.1 Å². The number of nitrogens with one attached hydrogen (secondary N) is 1. The number of benzene rings is 2. The molecule has 0 spiro atoms. The number of unbranched alkanes of at least 4 members (excludes halogenated alkanes) is 1. The van der Waals surface area contributed by atoms with E-state index < -0.39 is 30.4 Å². The molecule has 0 unspecified atom stereocenters. The van der Waals surface area contributed by atoms with Crippen LogP contribution in [0.4, 0.5) is 11.4 Å². The summed E-state index contributed by atoms with van der Waals surface area (Å²) in [6.45, 7) is 2.02. The molecule has 1 atom stereocenters. The van der Waals surface area contributed by atoms with E-state index in [0.717, 1.165) is 12.8 Å². The van der Waals surface area contributed by atoms with Crippen molar-refractivity contribution in [3.63, 3.8) is 0 Å². The summed E-state index contributed by atoms with van der Waals surface area (Å²) in [7, 11) is 0. The second-order valence-corrected chi connectivity index (χ2v) is 7.99. The topological polar surface area (TPSA) is 102 Å². The smallest absolute Gasteiger partial charge is 0.338 e. The van der Waals surface area contributed by atoms with Gasteiger partial charge >= 0.3 is 11.9 Å². The minimum absolute atomic E-state index is 0.0124. The Labute approximate surface area is 196 Å². The van der Waals surface area contributed by atoms with Gasteiger partial charge < -0.3 is 19.7 Å². The number of carbonyl (C=O) groups is 4. The highest BCUT2D eigenvalue weighted by molar-refractivity contribution is 6.33. The van der Waals surface area contributed by atoms with Crippen molar-refractivity contribution in [2.45, 2.75) is 26.2 Å². The monoisotopic (exact) mass is 472 g/mol. The predicted molar refractivity (Wildman–Crippen MR) is 123 cm³/mol. The molecule has 0 aromatic heterocycles. The van der Waals surface area contributed by atoms with Gasteiger partial charge in [-0.15, -0.1) is 0 Å². The van der Waals surface area contributed by atoms with Crippen LogP contribution in [0.2, 0.25) is 5.02 Å². The number of carbonyl (C=O) groups excluding carboxylic acids is 4. The van der Waals surface area contributed by atoms with Gasteiger partial charge in [0.25, 0.3) is 5.91 Å². The molecule has 1 saturated heterocycles. The number of amides is 2. The van der Waals surface area contributed by atoms with Gasteiger partial charge in [0.15, 0.2) is 6.61 Å². The molecule has 2 aromatic carbocycles. The van der Waals surface area contributed by atoms with Crippen molar-refractivity contribution < 1.29 is 28.7 Å². The summed E-state index contributed by atoms with van der Waals surface area (Å²) < 4.78 is 10.2. The molecule has 1 fully saturated rings. The lowest BCUT2D eigenvalue weighted by atomic mass is 10.1. The summed E-state index contributed by atoms with van der Waals surface area (Å²) in [6.07, 6.45) is 1.71. The third-order valence-corrected chi connectivity index (χ3v) is 5.40. The molecule has 1 aliphatic heterocycles. The highest BCUT2D eigenvalue weighted by Crippen LogP contribution is 2.31. The first-order chi connectivity index (χ1) is 15.9. The fraction of sp³-hybridized carbons (Fsp3) is 0.333. The number of halogens is 1. The second kappa shape index (κ2) is 11.5. The van der Waals surface area contributed by atoms with Crippen molar-refractivity contribution in [1.29, 1.82) is 0 Å². The van der Waals surface area contributed by atoms with Crippen molar-refractivity contribution in [1.82, 2.24) is 0 Å². The minimum atomic E-state index is -0.681. The summed E-state index contributed by atoms with van der Waals surface area (Å²) in [5, 5.41) is 3.01. The second-order valence-electron chi connectivity index (χ2n) is 7.58. The number of hydrogen-bond donors (Lipinski definition) is 1. The molecule has 2 aromatic rings. The number of rotatable bonds is 9. The van der Waals surface area contributed by atoms with E-state index in [2.05, 4.69) is 5.32 Å². The van der Waals surface area contributed by atoms with E-state index in [-0.39, 0.29) is 18.9 Å². The largest absolute Gasteiger partial charge is 0.462 e. The predicted octanol–water partition coefficient (Wildman–Crippen LogP) is 3.83. The quantitative estimate of drug-likeness (QED) is 0.439. The molecule has 0 saturated carbocycles. The Hall–Kier alpha value is -3.39. The molecular formula is C24H25ClN2O6. The highest BCUT2D eigenvalue weighted by Gasteiger charge is 2.37. The zero-order chi connectivity index (χ0) is 23.8. The first kappa shape index (κ1) is 24.3. The normalized spacial score (nSPS) is 15.3. The molecular weight excluding hydrogens is 448 g/mol. The van der Waals surface area contributed by atoms with E-state index >= 15 is 0 Å². The third-order valence-electron chi connectivity index (χ3n) is 5.08. The van der Waals surface area contributed by atoms with Gasteiger partial charge in [-0.25, -0.2) is 4.79 Å². The van der Waals surface area contributed by atoms with E-state index in [1.165, 1.54) is 4.90 Å². The van der Waals surface area contributed by atoms with Crippen LogP contribution < -0.4 is 10.2 Å². The van der Waals surface area contributed by atoms with Gasteiger partial charge in [-0.2, -0.15) is 0 Å². The number of anilines is 2. The average molecular weight is 473 g/mol. The first-order valence-electron chi connectivity index (χ1n) is 10.7. The molecule has 8 nitrogen and oxygen atoms in total. The summed E-state index contributed by atoms with van der Waals surface area (Å²) >= 11 is 6.14. The summed E-state index contributed by atoms with van der Waals surface area (Å²) in [5.41, 5.74) is 1.36. The molecule has 2 amide bonds. The van der Waals surface area contributed by atoms with Crippen LogP contribution in [-0.4, -0.2) is 43.5 Å². The number of ether oxygens (including phenoxy) is 2. The Balaban J connectivity index is 1.46. The molecule has 33 heavy (non-hydrogen) atoms. The zero-order valence-electron chi connectivity index (χ0n) is 18.2. The Morgan fingerprint density at radius 3 is 2.52 bits per heavy atom. The summed E-state index contributed by atoms with van der Waals surface area (Å²) in [6, 6.07) is 13.1. The number of hydrogen-bond acceptors (Lipinski definition) is 6. The van der Waals surface area contributed by atoms with Crippen LogP contribution in [0.15, 0.2) is 48.5 Å². The molecule has 9 heteroatoms. The van der Waals surface area contributed by atoms with Crippen LogP contribution in [0, 0.1) is 5.92 Å². The lowest BCUT2D eigenvalue weighted by Gasteiger charge is -2.17. The highest BCUT2D eigenvalue weighted by atomic mass is 35.5. The summed E-state index contributed by atoms with van der Waals surface area (Å²) in [4.78, 5) is 50.2. The van der Waals surface area contributed by atoms with Crippen LogP contribution in [0.3, 0.4) is 0 Å². The van der Waals surface area contributed by atoms with Crippen molar-refractivity contribution >= 4 is 46.7 Å². The molecule has 0 bridgehead atoms. The van der Waals surface area contributed by atoms with Crippen molar-refractivity contribution in [3.05, 3.63) is 59.1 Å². The Morgan fingerprint density at radius 2 is 1.82 bits per heavy atom. The molecule has 0 aliphatic carbocycles. The van der Waals surface area contributed by atoms with Crippen LogP contribution >= 0.6 is 11.6 Å². The fourth-order valence-corrected chi connectivity index (χ4v) is 3.54. The van der Waals surface area contributed by atoms with Gasteiger partial charge in [-0.3, -0.25) is 14.4 Å². The van der Waals surface area contributed by atoms with Gasteiger partial charge in [0, 0.05) is 18.7 Å². The maximum absolute atomic E-state index is 12.4. The van der Waals surface area contributed by atoms with E-state index in [1.54, 1.807) is 48.5 Å². The molecule has 1 N–H and O–H groups in total. The van der Waals surface area contributed by atoms with Crippen LogP contribution in [0.1, 0.15) is 36.5 Å². The number of esters is 2. The number of para-hydroxylation sites is 1. The van der Waals surface area contributed by atoms with Crippen LogP contribution in [0.25, 0.3) is 0 Å². The molecule has 174 valence electrons. The third kappa shape index (κ3) is 6.55.